The molecule has 2 N–H and O–H groups in total. The highest BCUT2D eigenvalue weighted by Crippen LogP contribution is 2.19. The van der Waals surface area contributed by atoms with Gasteiger partial charge in [-0.3, -0.25) is 4.79 Å². The van der Waals surface area contributed by atoms with E-state index in [0.29, 0.717) is 12.0 Å². The summed E-state index contributed by atoms with van der Waals surface area (Å²) in [5, 5.41) is 6.95. The molecule has 180 valence electrons. The Morgan fingerprint density at radius 3 is 2.36 bits per heavy atom. The number of amides is 1. The third-order valence-electron chi connectivity index (χ3n) is 5.69. The largest absolute Gasteiger partial charge is 0.497 e. The number of rotatable bonds is 8. The van der Waals surface area contributed by atoms with E-state index in [1.54, 1.807) is 26.1 Å². The molecule has 8 heteroatoms. The zero-order valence-electron chi connectivity index (χ0n) is 19.8. The van der Waals surface area contributed by atoms with Crippen molar-refractivity contribution >= 4 is 41.5 Å². The highest BCUT2D eigenvalue weighted by molar-refractivity contribution is 14.0. The van der Waals surface area contributed by atoms with Crippen molar-refractivity contribution in [2.45, 2.75) is 25.3 Å². The van der Waals surface area contributed by atoms with Gasteiger partial charge in [0.25, 0.3) is 0 Å². The van der Waals surface area contributed by atoms with Crippen LogP contribution in [-0.2, 0) is 11.2 Å². The number of nitrogens with zero attached hydrogens (tertiary/aromatic N) is 3. The number of benzene rings is 2. The number of ether oxygens (including phenoxy) is 1. The van der Waals surface area contributed by atoms with Crippen LogP contribution in [-0.4, -0.2) is 70.2 Å². The molecule has 1 fully saturated rings. The number of halogens is 1. The average Bonchev–Trinajstić information content (AvgIpc) is 2.83. The molecule has 0 spiro atoms. The Balaban J connectivity index is 0.00000385. The van der Waals surface area contributed by atoms with Gasteiger partial charge in [-0.05, 0) is 49.1 Å². The number of nitrogens with one attached hydrogen (secondary N) is 2. The summed E-state index contributed by atoms with van der Waals surface area (Å²) in [5.41, 5.74) is 2.49. The molecule has 2 aromatic carbocycles. The Morgan fingerprint density at radius 1 is 1.09 bits per heavy atom. The highest BCUT2D eigenvalue weighted by atomic mass is 127. The van der Waals surface area contributed by atoms with E-state index in [9.17, 15) is 4.79 Å². The molecule has 2 aromatic rings. The second-order valence-corrected chi connectivity index (χ2v) is 8.22. The van der Waals surface area contributed by atoms with Gasteiger partial charge >= 0.3 is 0 Å². The van der Waals surface area contributed by atoms with Crippen LogP contribution in [0, 0.1) is 0 Å². The van der Waals surface area contributed by atoms with Gasteiger partial charge in [-0.1, -0.05) is 30.3 Å². The topological polar surface area (TPSA) is 69.2 Å². The molecule has 1 amide bonds. The molecular weight excluding hydrogens is 529 g/mol. The highest BCUT2D eigenvalue weighted by Gasteiger charge is 2.20. The zero-order chi connectivity index (χ0) is 22.8. The van der Waals surface area contributed by atoms with Crippen LogP contribution >= 0.6 is 24.0 Å². The van der Waals surface area contributed by atoms with Crippen LogP contribution in [0.15, 0.2) is 59.6 Å². The molecule has 3 rings (SSSR count). The fourth-order valence-corrected chi connectivity index (χ4v) is 3.67. The summed E-state index contributed by atoms with van der Waals surface area (Å²) in [7, 11) is 5.17. The van der Waals surface area contributed by atoms with Gasteiger partial charge in [-0.15, -0.1) is 24.0 Å². The number of methoxy groups -OCH3 is 1. The van der Waals surface area contributed by atoms with Crippen molar-refractivity contribution in [3.05, 3.63) is 60.2 Å². The third kappa shape index (κ3) is 8.75. The van der Waals surface area contributed by atoms with E-state index in [4.69, 9.17) is 4.74 Å². The lowest BCUT2D eigenvalue weighted by atomic mass is 10.0. The Labute approximate surface area is 214 Å². The standard InChI is InChI=1S/C25H35N5O2.HI/c1-29(2)24(31)19-27-25(26-16-13-20-9-11-23(32-3)12-10-20)28-21-14-17-30(18-15-21)22-7-5-4-6-8-22;/h4-12,21H,13-19H2,1-3H3,(H2,26,27,28);1H. The van der Waals surface area contributed by atoms with Crippen LogP contribution in [0.4, 0.5) is 5.69 Å². The van der Waals surface area contributed by atoms with E-state index < -0.39 is 0 Å². The second kappa shape index (κ2) is 13.9. The van der Waals surface area contributed by atoms with Crippen LogP contribution in [0.1, 0.15) is 18.4 Å². The Hall–Kier alpha value is -2.49. The third-order valence-corrected chi connectivity index (χ3v) is 5.69. The number of likely N-dealkylation sites (N-methyl/N-ethyl adjacent to an activating group) is 1. The number of guanidine groups is 1. The summed E-state index contributed by atoms with van der Waals surface area (Å²) in [6.07, 6.45) is 2.91. The summed E-state index contributed by atoms with van der Waals surface area (Å²) < 4.78 is 5.22. The monoisotopic (exact) mass is 565 g/mol. The lowest BCUT2D eigenvalue weighted by Crippen LogP contribution is -2.49. The van der Waals surface area contributed by atoms with Gasteiger partial charge in [0.2, 0.25) is 5.91 Å². The van der Waals surface area contributed by atoms with Crippen molar-refractivity contribution in [2.24, 2.45) is 4.99 Å². The van der Waals surface area contributed by atoms with Crippen LogP contribution in [0.25, 0.3) is 0 Å². The first kappa shape index (κ1) is 26.8. The number of piperidine rings is 1. The van der Waals surface area contributed by atoms with E-state index in [1.165, 1.54) is 11.3 Å². The molecule has 1 aliphatic rings. The molecule has 0 radical (unpaired) electrons. The minimum atomic E-state index is -0.0137. The first-order valence-corrected chi connectivity index (χ1v) is 11.2. The number of hydrogen-bond acceptors (Lipinski definition) is 4. The molecule has 0 unspecified atom stereocenters. The van der Waals surface area contributed by atoms with Gasteiger partial charge in [-0.2, -0.15) is 0 Å². The van der Waals surface area contributed by atoms with E-state index in [-0.39, 0.29) is 36.4 Å². The maximum atomic E-state index is 12.0. The Kier molecular flexibility index (Phi) is 11.3. The predicted octanol–water partition coefficient (Wildman–Crippen LogP) is 3.15. The number of carbonyl (C=O) groups excluding carboxylic acids is 1. The first-order valence-electron chi connectivity index (χ1n) is 11.2. The van der Waals surface area contributed by atoms with E-state index in [1.807, 2.05) is 18.2 Å². The minimum Gasteiger partial charge on any atom is -0.497 e. The van der Waals surface area contributed by atoms with Crippen molar-refractivity contribution in [1.82, 2.24) is 15.5 Å². The molecule has 0 bridgehead atoms. The molecule has 0 saturated carbocycles. The average molecular weight is 566 g/mol. The van der Waals surface area contributed by atoms with Crippen LogP contribution in [0.3, 0.4) is 0 Å². The summed E-state index contributed by atoms with van der Waals surface area (Å²) in [4.78, 5) is 20.6. The summed E-state index contributed by atoms with van der Waals surface area (Å²) in [6, 6.07) is 18.9. The summed E-state index contributed by atoms with van der Waals surface area (Å²) >= 11 is 0. The molecule has 1 aliphatic heterocycles. The Morgan fingerprint density at radius 2 is 1.76 bits per heavy atom. The fourth-order valence-electron chi connectivity index (χ4n) is 3.67. The SMILES string of the molecule is COc1ccc(CCNC(=NCC(=O)N(C)C)NC2CCN(c3ccccc3)CC2)cc1.I. The maximum absolute atomic E-state index is 12.0. The molecule has 0 aromatic heterocycles. The van der Waals surface area contributed by atoms with Gasteiger partial charge < -0.3 is 25.2 Å². The smallest absolute Gasteiger partial charge is 0.243 e. The van der Waals surface area contributed by atoms with Crippen molar-refractivity contribution in [3.8, 4) is 5.75 Å². The van der Waals surface area contributed by atoms with Crippen LogP contribution < -0.4 is 20.3 Å². The molecular formula is C25H36IN5O2. The van der Waals surface area contributed by atoms with Gasteiger partial charge in [0.15, 0.2) is 5.96 Å². The maximum Gasteiger partial charge on any atom is 0.243 e. The van der Waals surface area contributed by atoms with E-state index >= 15 is 0 Å². The van der Waals surface area contributed by atoms with Crippen molar-refractivity contribution < 1.29 is 9.53 Å². The van der Waals surface area contributed by atoms with Crippen molar-refractivity contribution in [1.29, 1.82) is 0 Å². The predicted molar refractivity (Wildman–Crippen MR) is 146 cm³/mol. The molecule has 1 saturated heterocycles. The Bertz CT molecular complexity index is 866. The summed E-state index contributed by atoms with van der Waals surface area (Å²) in [5.74, 6) is 1.54. The lowest BCUT2D eigenvalue weighted by Gasteiger charge is -2.34. The van der Waals surface area contributed by atoms with E-state index in [0.717, 1.165) is 44.6 Å². The molecule has 7 nitrogen and oxygen atoms in total. The number of anilines is 1. The molecule has 1 heterocycles. The van der Waals surface area contributed by atoms with Crippen LogP contribution in [0.5, 0.6) is 5.75 Å². The number of para-hydroxylation sites is 1. The lowest BCUT2D eigenvalue weighted by molar-refractivity contribution is -0.127. The number of hydrogen-bond donors (Lipinski definition) is 2. The first-order chi connectivity index (χ1) is 15.5. The molecule has 0 atom stereocenters. The summed E-state index contributed by atoms with van der Waals surface area (Å²) in [6.45, 7) is 2.86. The second-order valence-electron chi connectivity index (χ2n) is 8.22. The van der Waals surface area contributed by atoms with Crippen molar-refractivity contribution in [3.63, 3.8) is 0 Å². The van der Waals surface area contributed by atoms with Crippen LogP contribution in [0.2, 0.25) is 0 Å². The minimum absolute atomic E-state index is 0. The molecule has 33 heavy (non-hydrogen) atoms. The zero-order valence-corrected chi connectivity index (χ0v) is 22.1. The van der Waals surface area contributed by atoms with E-state index in [2.05, 4.69) is 56.9 Å². The van der Waals surface area contributed by atoms with Gasteiger partial charge in [0.05, 0.1) is 7.11 Å². The van der Waals surface area contributed by atoms with Gasteiger partial charge in [-0.25, -0.2) is 4.99 Å². The van der Waals surface area contributed by atoms with Gasteiger partial charge in [0.1, 0.15) is 12.3 Å². The fraction of sp³-hybridized carbons (Fsp3) is 0.440. The van der Waals surface area contributed by atoms with Gasteiger partial charge in [0, 0.05) is 45.5 Å². The number of aliphatic imine (C=N–C) groups is 1. The van der Waals surface area contributed by atoms with Crippen molar-refractivity contribution in [2.75, 3.05) is 52.3 Å². The number of carbonyl (C=O) groups is 1. The quantitative estimate of drug-likeness (QED) is 0.293. The normalized spacial score (nSPS) is 14.3. The molecule has 0 aliphatic carbocycles.